The van der Waals surface area contributed by atoms with Gasteiger partial charge in [-0.3, -0.25) is 0 Å². The number of halogens is 2. The van der Waals surface area contributed by atoms with Crippen molar-refractivity contribution in [3.63, 3.8) is 0 Å². The summed E-state index contributed by atoms with van der Waals surface area (Å²) in [5, 5.41) is 28.9. The molecular formula is C21H21Cl2N9O3S. The molecule has 0 saturated heterocycles. The van der Waals surface area contributed by atoms with Gasteiger partial charge in [0.25, 0.3) is 0 Å². The van der Waals surface area contributed by atoms with E-state index in [1.807, 2.05) is 31.2 Å². The van der Waals surface area contributed by atoms with Gasteiger partial charge in [0, 0.05) is 5.69 Å². The molecule has 4 rings (SSSR count). The first kappa shape index (κ1) is 25.6. The molecule has 0 saturated carbocycles. The summed E-state index contributed by atoms with van der Waals surface area (Å²) in [6.45, 7) is 3.60. The molecule has 15 heteroatoms. The minimum absolute atomic E-state index is 0.0110. The molecular weight excluding hydrogens is 529 g/mol. The van der Waals surface area contributed by atoms with Crippen LogP contribution in [-0.2, 0) is 10.0 Å². The zero-order valence-corrected chi connectivity index (χ0v) is 21.6. The molecule has 1 aliphatic rings. The molecule has 3 aromatic rings. The Hall–Kier alpha value is -3.52. The second kappa shape index (κ2) is 10.2. The molecule has 2 heterocycles. The molecule has 1 aromatic heterocycles. The Morgan fingerprint density at radius 2 is 1.83 bits per heavy atom. The van der Waals surface area contributed by atoms with E-state index in [1.165, 1.54) is 25.2 Å². The van der Waals surface area contributed by atoms with Crippen molar-refractivity contribution in [2.45, 2.75) is 24.4 Å². The smallest absolute Gasteiger partial charge is 0.240 e. The van der Waals surface area contributed by atoms with Gasteiger partial charge in [-0.05, 0) is 75.0 Å². The second-order valence-electron chi connectivity index (χ2n) is 7.49. The Kier molecular flexibility index (Phi) is 7.26. The number of hydrogen-bond acceptors (Lipinski definition) is 10. The Bertz CT molecular complexity index is 1500. The fraction of sp³-hybridized carbons (Fsp3) is 0.190. The van der Waals surface area contributed by atoms with Crippen molar-refractivity contribution in [1.82, 2.24) is 19.8 Å². The van der Waals surface area contributed by atoms with Crippen molar-refractivity contribution < 1.29 is 13.5 Å². The lowest BCUT2D eigenvalue weighted by atomic mass is 10.2. The molecule has 0 fully saturated rings. The van der Waals surface area contributed by atoms with Gasteiger partial charge in [0.1, 0.15) is 17.1 Å². The van der Waals surface area contributed by atoms with E-state index >= 15 is 0 Å². The summed E-state index contributed by atoms with van der Waals surface area (Å²) in [7, 11) is -2.40. The molecule has 0 amide bonds. The highest BCUT2D eigenvalue weighted by Gasteiger charge is 2.16. The van der Waals surface area contributed by atoms with Gasteiger partial charge in [0.15, 0.2) is 0 Å². The maximum absolute atomic E-state index is 12.1. The third-order valence-electron chi connectivity index (χ3n) is 5.09. The lowest BCUT2D eigenvalue weighted by Gasteiger charge is -2.16. The Morgan fingerprint density at radius 1 is 1.11 bits per heavy atom. The molecule has 2 aromatic carbocycles. The first-order valence-corrected chi connectivity index (χ1v) is 12.7. The van der Waals surface area contributed by atoms with E-state index in [1.54, 1.807) is 11.6 Å². The Morgan fingerprint density at radius 3 is 2.50 bits per heavy atom. The lowest BCUT2D eigenvalue weighted by Crippen LogP contribution is -2.37. The Balaban J connectivity index is 1.56. The van der Waals surface area contributed by atoms with E-state index in [-0.39, 0.29) is 21.6 Å². The van der Waals surface area contributed by atoms with Crippen LogP contribution in [0.3, 0.4) is 0 Å². The fourth-order valence-electron chi connectivity index (χ4n) is 3.28. The van der Waals surface area contributed by atoms with Gasteiger partial charge in [-0.1, -0.05) is 11.6 Å². The standard InChI is InChI=1S/C21H21Cl2N9O3S/c1-11-18(30-29-16-10-15(8-9-17(16)33)36(34,35)24-3)12(2)32(31-11)14-6-4-13(5-7-14)25-21-27-19(22)26-20(23)28-21/h4-10,19,24,33H,1-3H3,(H2,25,26,27,28). The number of phenolic OH excluding ortho intramolecular Hbond substituents is 1. The van der Waals surface area contributed by atoms with Crippen LogP contribution in [0.1, 0.15) is 11.4 Å². The number of azo groups is 1. The Labute approximate surface area is 216 Å². The molecule has 1 unspecified atom stereocenters. The molecule has 188 valence electrons. The molecule has 0 radical (unpaired) electrons. The van der Waals surface area contributed by atoms with Crippen molar-refractivity contribution in [1.29, 1.82) is 0 Å². The molecule has 12 nitrogen and oxygen atoms in total. The first-order valence-electron chi connectivity index (χ1n) is 10.4. The number of aromatic nitrogens is 2. The predicted molar refractivity (Wildman–Crippen MR) is 139 cm³/mol. The number of guanidine groups is 1. The third kappa shape index (κ3) is 5.49. The monoisotopic (exact) mass is 549 g/mol. The van der Waals surface area contributed by atoms with Gasteiger partial charge in [-0.2, -0.15) is 5.10 Å². The SMILES string of the molecule is CNS(=O)(=O)c1ccc(O)c(N=Nc2c(C)nn(-c3ccc(NC4=NC(Cl)N=C(Cl)N4)cc3)c2C)c1. The van der Waals surface area contributed by atoms with Crippen LogP contribution in [0.4, 0.5) is 17.1 Å². The van der Waals surface area contributed by atoms with Crippen molar-refractivity contribution in [2.24, 2.45) is 20.2 Å². The number of hydrogen-bond donors (Lipinski definition) is 4. The zero-order valence-electron chi connectivity index (χ0n) is 19.2. The van der Waals surface area contributed by atoms with Crippen LogP contribution in [-0.4, -0.2) is 47.2 Å². The summed E-state index contributed by atoms with van der Waals surface area (Å²) in [6.07, 6.45) is 0. The van der Waals surface area contributed by atoms with E-state index in [0.717, 1.165) is 11.4 Å². The zero-order chi connectivity index (χ0) is 26.0. The fourth-order valence-corrected chi connectivity index (χ4v) is 4.46. The van der Waals surface area contributed by atoms with Gasteiger partial charge >= 0.3 is 0 Å². The number of anilines is 1. The van der Waals surface area contributed by atoms with Crippen LogP contribution in [0.2, 0.25) is 0 Å². The molecule has 1 aliphatic heterocycles. The van der Waals surface area contributed by atoms with Crippen molar-refractivity contribution in [3.8, 4) is 11.4 Å². The minimum Gasteiger partial charge on any atom is -0.506 e. The molecule has 4 N–H and O–H groups in total. The number of sulfonamides is 1. The summed E-state index contributed by atoms with van der Waals surface area (Å²) < 4.78 is 28.0. The lowest BCUT2D eigenvalue weighted by molar-refractivity contribution is 0.476. The summed E-state index contributed by atoms with van der Waals surface area (Å²) in [4.78, 5) is 7.91. The second-order valence-corrected chi connectivity index (χ2v) is 10.1. The van der Waals surface area contributed by atoms with Gasteiger partial charge in [0.2, 0.25) is 26.9 Å². The van der Waals surface area contributed by atoms with Gasteiger partial charge < -0.3 is 15.7 Å². The van der Waals surface area contributed by atoms with Crippen LogP contribution >= 0.6 is 23.2 Å². The average Bonchev–Trinajstić information content (AvgIpc) is 3.11. The molecule has 1 atom stereocenters. The number of aryl methyl sites for hydroxylation is 1. The summed E-state index contributed by atoms with van der Waals surface area (Å²) in [6, 6.07) is 11.1. The van der Waals surface area contributed by atoms with Crippen LogP contribution in [0.15, 0.2) is 67.6 Å². The topological polar surface area (TPSA) is 158 Å². The van der Waals surface area contributed by atoms with Crippen LogP contribution in [0.5, 0.6) is 5.75 Å². The third-order valence-corrected chi connectivity index (χ3v) is 6.89. The summed E-state index contributed by atoms with van der Waals surface area (Å²) >= 11 is 11.8. The highest BCUT2D eigenvalue weighted by Crippen LogP contribution is 2.33. The van der Waals surface area contributed by atoms with E-state index in [9.17, 15) is 13.5 Å². The summed E-state index contributed by atoms with van der Waals surface area (Å²) in [5.41, 5.74) is 2.48. The summed E-state index contributed by atoms with van der Waals surface area (Å²) in [5.74, 6) is 0.163. The van der Waals surface area contributed by atoms with Crippen molar-refractivity contribution in [3.05, 3.63) is 53.9 Å². The van der Waals surface area contributed by atoms with E-state index in [4.69, 9.17) is 23.2 Å². The van der Waals surface area contributed by atoms with Gasteiger partial charge in [0.05, 0.1) is 22.0 Å². The normalized spacial score (nSPS) is 16.0. The largest absolute Gasteiger partial charge is 0.506 e. The van der Waals surface area contributed by atoms with E-state index in [0.29, 0.717) is 23.0 Å². The molecule has 36 heavy (non-hydrogen) atoms. The number of aromatic hydroxyl groups is 1. The molecule has 0 bridgehead atoms. The molecule has 0 aliphatic carbocycles. The van der Waals surface area contributed by atoms with Gasteiger partial charge in [-0.25, -0.2) is 27.8 Å². The highest BCUT2D eigenvalue weighted by atomic mass is 35.5. The van der Waals surface area contributed by atoms with Crippen molar-refractivity contribution in [2.75, 3.05) is 12.4 Å². The van der Waals surface area contributed by atoms with Crippen LogP contribution < -0.4 is 15.4 Å². The number of aliphatic imine (C=N–C) groups is 2. The molecule has 0 spiro atoms. The highest BCUT2D eigenvalue weighted by molar-refractivity contribution is 7.89. The number of nitrogens with one attached hydrogen (secondary N) is 3. The number of benzene rings is 2. The van der Waals surface area contributed by atoms with Crippen molar-refractivity contribution >= 4 is 61.5 Å². The first-order chi connectivity index (χ1) is 17.1. The van der Waals surface area contributed by atoms with Crippen LogP contribution in [0.25, 0.3) is 5.69 Å². The predicted octanol–water partition coefficient (Wildman–Crippen LogP) is 4.01. The number of nitrogens with zero attached hydrogens (tertiary/aromatic N) is 6. The average molecular weight is 550 g/mol. The number of alkyl halides is 1. The number of amidine groups is 1. The maximum Gasteiger partial charge on any atom is 0.240 e. The maximum atomic E-state index is 12.1. The number of phenols is 1. The van der Waals surface area contributed by atoms with E-state index in [2.05, 4.69) is 40.7 Å². The number of rotatable bonds is 6. The van der Waals surface area contributed by atoms with Gasteiger partial charge in [-0.15, -0.1) is 10.2 Å². The van der Waals surface area contributed by atoms with E-state index < -0.39 is 15.6 Å². The minimum atomic E-state index is -3.70. The van der Waals surface area contributed by atoms with Crippen LogP contribution in [0, 0.1) is 13.8 Å². The quantitative estimate of drug-likeness (QED) is 0.206.